The number of hydrogen-bond acceptors (Lipinski definition) is 8. The zero-order chi connectivity index (χ0) is 26.4. The van der Waals surface area contributed by atoms with Gasteiger partial charge in [-0.3, -0.25) is 18.8 Å². The van der Waals surface area contributed by atoms with Gasteiger partial charge in [0.1, 0.15) is 10.8 Å². The first kappa shape index (κ1) is 24.9. The second-order valence-corrected chi connectivity index (χ2v) is 9.81. The number of nitrogens with one attached hydrogen (secondary N) is 1. The molecule has 3 aromatic heterocycles. The minimum Gasteiger partial charge on any atom is -0.394 e. The fourth-order valence-electron chi connectivity index (χ4n) is 4.85. The average Bonchev–Trinajstić information content (AvgIpc) is 3.41. The number of ketones is 1. The predicted octanol–water partition coefficient (Wildman–Crippen LogP) is 3.38. The van der Waals surface area contributed by atoms with Crippen molar-refractivity contribution < 1.29 is 9.90 Å². The molecular formula is C26H28ClN7O3. The number of rotatable bonds is 7. The fraction of sp³-hybridized carbons (Fsp3) is 0.346. The summed E-state index contributed by atoms with van der Waals surface area (Å²) in [6.45, 7) is 6.91. The van der Waals surface area contributed by atoms with E-state index in [1.807, 2.05) is 37.1 Å². The normalized spacial score (nSPS) is 13.7. The standard InChI is InChI=1S/C26H28ClN7O3/c1-14-9-18(15(2)28-20-5-6-22(27)29-23(20)16(3)36)24-19(10-14)25(37)32(4)26(30-24)33-11-17-12-34(7-8-35)31-21(17)13-33/h5-6,9-10,12,15,28,35H,7-8,11,13H2,1-4H3/t15-/m1/s1. The molecule has 0 aliphatic carbocycles. The highest BCUT2D eigenvalue weighted by molar-refractivity contribution is 6.29. The lowest BCUT2D eigenvalue weighted by Crippen LogP contribution is -2.29. The van der Waals surface area contributed by atoms with Crippen molar-refractivity contribution in [2.24, 2.45) is 7.05 Å². The number of benzene rings is 1. The summed E-state index contributed by atoms with van der Waals surface area (Å²) in [6.07, 6.45) is 1.93. The number of aromatic nitrogens is 5. The van der Waals surface area contributed by atoms with Gasteiger partial charge in [0.05, 0.1) is 48.0 Å². The number of aliphatic hydroxyl groups is 1. The number of fused-ring (bicyclic) bond motifs is 2. The summed E-state index contributed by atoms with van der Waals surface area (Å²) in [5.41, 5.74) is 5.02. The molecule has 1 aliphatic heterocycles. The van der Waals surface area contributed by atoms with Crippen LogP contribution in [0.5, 0.6) is 0 Å². The Hall–Kier alpha value is -3.76. The largest absolute Gasteiger partial charge is 0.394 e. The SMILES string of the molecule is CC(=O)c1nc(Cl)ccc1N[C@H](C)c1cc(C)cc2c(=O)n(C)c(N3Cc4cn(CCO)nc4C3)nc12. The Bertz CT molecular complexity index is 1570. The van der Waals surface area contributed by atoms with E-state index in [1.165, 1.54) is 6.92 Å². The zero-order valence-electron chi connectivity index (χ0n) is 21.1. The number of carbonyl (C=O) groups excluding carboxylic acids is 1. The second kappa shape index (κ2) is 9.60. The molecule has 1 aliphatic rings. The van der Waals surface area contributed by atoms with Crippen LogP contribution in [0.1, 0.15) is 52.8 Å². The number of aliphatic hydroxyl groups excluding tert-OH is 1. The third-order valence-electron chi connectivity index (χ3n) is 6.60. The van der Waals surface area contributed by atoms with Crippen molar-refractivity contribution in [3.8, 4) is 0 Å². The molecule has 11 heteroatoms. The Morgan fingerprint density at radius 3 is 2.73 bits per heavy atom. The number of nitrogens with zero attached hydrogens (tertiary/aromatic N) is 6. The van der Waals surface area contributed by atoms with Crippen molar-refractivity contribution in [2.75, 3.05) is 16.8 Å². The smallest absolute Gasteiger partial charge is 0.262 e. The van der Waals surface area contributed by atoms with Crippen molar-refractivity contribution >= 4 is 39.9 Å². The maximum atomic E-state index is 13.5. The van der Waals surface area contributed by atoms with Gasteiger partial charge in [-0.1, -0.05) is 17.7 Å². The van der Waals surface area contributed by atoms with Gasteiger partial charge in [-0.2, -0.15) is 5.10 Å². The molecule has 2 N–H and O–H groups in total. The first-order chi connectivity index (χ1) is 17.7. The van der Waals surface area contributed by atoms with Crippen LogP contribution < -0.4 is 15.8 Å². The third kappa shape index (κ3) is 4.58. The van der Waals surface area contributed by atoms with Gasteiger partial charge in [0, 0.05) is 37.8 Å². The van der Waals surface area contributed by atoms with Crippen LogP contribution in [0.15, 0.2) is 35.3 Å². The van der Waals surface area contributed by atoms with Gasteiger partial charge in [0.15, 0.2) is 5.78 Å². The number of carbonyl (C=O) groups is 1. The van der Waals surface area contributed by atoms with E-state index in [9.17, 15) is 14.7 Å². The number of anilines is 2. The van der Waals surface area contributed by atoms with Crippen LogP contribution in [-0.4, -0.2) is 41.8 Å². The maximum Gasteiger partial charge on any atom is 0.262 e. The highest BCUT2D eigenvalue weighted by Crippen LogP contribution is 2.31. The van der Waals surface area contributed by atoms with E-state index in [1.54, 1.807) is 28.4 Å². The van der Waals surface area contributed by atoms with Crippen molar-refractivity contribution in [2.45, 2.75) is 46.4 Å². The lowest BCUT2D eigenvalue weighted by molar-refractivity contribution is 0.101. The lowest BCUT2D eigenvalue weighted by Gasteiger charge is -2.23. The molecule has 0 unspecified atom stereocenters. The molecule has 0 amide bonds. The van der Waals surface area contributed by atoms with E-state index in [4.69, 9.17) is 16.6 Å². The number of halogens is 1. The monoisotopic (exact) mass is 521 g/mol. The van der Waals surface area contributed by atoms with Gasteiger partial charge in [-0.15, -0.1) is 0 Å². The van der Waals surface area contributed by atoms with E-state index in [-0.39, 0.29) is 34.8 Å². The van der Waals surface area contributed by atoms with Crippen LogP contribution in [0.3, 0.4) is 0 Å². The molecule has 10 nitrogen and oxygen atoms in total. The molecule has 5 rings (SSSR count). The van der Waals surface area contributed by atoms with E-state index in [0.29, 0.717) is 42.2 Å². The molecule has 0 saturated carbocycles. The molecule has 1 atom stereocenters. The van der Waals surface area contributed by atoms with Crippen LogP contribution in [0.25, 0.3) is 10.9 Å². The van der Waals surface area contributed by atoms with Crippen LogP contribution in [-0.2, 0) is 26.7 Å². The van der Waals surface area contributed by atoms with Crippen molar-refractivity contribution in [3.63, 3.8) is 0 Å². The molecule has 4 heterocycles. The van der Waals surface area contributed by atoms with Gasteiger partial charge in [0.25, 0.3) is 5.56 Å². The minimum absolute atomic E-state index is 0.0272. The van der Waals surface area contributed by atoms with Crippen molar-refractivity contribution in [1.82, 2.24) is 24.3 Å². The highest BCUT2D eigenvalue weighted by Gasteiger charge is 2.27. The van der Waals surface area contributed by atoms with Crippen LogP contribution in [0.2, 0.25) is 5.15 Å². The third-order valence-corrected chi connectivity index (χ3v) is 6.81. The molecule has 0 fully saturated rings. The molecule has 0 spiro atoms. The molecule has 0 saturated heterocycles. The quantitative estimate of drug-likeness (QED) is 0.281. The summed E-state index contributed by atoms with van der Waals surface area (Å²) in [5, 5.41) is 17.9. The molecular weight excluding hydrogens is 494 g/mol. The van der Waals surface area contributed by atoms with Gasteiger partial charge in [-0.05, 0) is 37.6 Å². The van der Waals surface area contributed by atoms with Gasteiger partial charge in [-0.25, -0.2) is 9.97 Å². The lowest BCUT2D eigenvalue weighted by atomic mass is 10.0. The number of aryl methyl sites for hydroxylation is 1. The summed E-state index contributed by atoms with van der Waals surface area (Å²) in [5.74, 6) is 0.356. The number of Topliss-reactive ketones (excluding diaryl/α,β-unsaturated/α-hetero) is 1. The maximum absolute atomic E-state index is 13.5. The summed E-state index contributed by atoms with van der Waals surface area (Å²) in [4.78, 5) is 36.8. The highest BCUT2D eigenvalue weighted by atomic mass is 35.5. The molecule has 4 aromatic rings. The number of hydrogen-bond donors (Lipinski definition) is 2. The van der Waals surface area contributed by atoms with Crippen LogP contribution in [0.4, 0.5) is 11.6 Å². The summed E-state index contributed by atoms with van der Waals surface area (Å²) >= 11 is 6.02. The van der Waals surface area contributed by atoms with E-state index >= 15 is 0 Å². The molecule has 192 valence electrons. The minimum atomic E-state index is -0.284. The van der Waals surface area contributed by atoms with Crippen LogP contribution >= 0.6 is 11.6 Å². The van der Waals surface area contributed by atoms with Crippen LogP contribution in [0, 0.1) is 6.92 Å². The first-order valence-corrected chi connectivity index (χ1v) is 12.4. The predicted molar refractivity (Wildman–Crippen MR) is 142 cm³/mol. The van der Waals surface area contributed by atoms with E-state index < -0.39 is 0 Å². The van der Waals surface area contributed by atoms with Gasteiger partial charge >= 0.3 is 0 Å². The van der Waals surface area contributed by atoms with Crippen molar-refractivity contribution in [3.05, 3.63) is 74.0 Å². The summed E-state index contributed by atoms with van der Waals surface area (Å²) in [6, 6.07) is 6.94. The summed E-state index contributed by atoms with van der Waals surface area (Å²) in [7, 11) is 1.73. The van der Waals surface area contributed by atoms with Gasteiger partial charge in [0.2, 0.25) is 5.95 Å². The van der Waals surface area contributed by atoms with E-state index in [2.05, 4.69) is 15.4 Å². The topological polar surface area (TPSA) is 118 Å². The molecule has 0 radical (unpaired) electrons. The Morgan fingerprint density at radius 1 is 1.24 bits per heavy atom. The Balaban J connectivity index is 1.55. The fourth-order valence-corrected chi connectivity index (χ4v) is 5.00. The van der Waals surface area contributed by atoms with Crippen molar-refractivity contribution in [1.29, 1.82) is 0 Å². The molecule has 1 aromatic carbocycles. The molecule has 0 bridgehead atoms. The molecule has 37 heavy (non-hydrogen) atoms. The second-order valence-electron chi connectivity index (χ2n) is 9.42. The Labute approximate surface area is 218 Å². The Kier molecular flexibility index (Phi) is 6.47. The Morgan fingerprint density at radius 2 is 2.03 bits per heavy atom. The van der Waals surface area contributed by atoms with Gasteiger partial charge < -0.3 is 15.3 Å². The number of pyridine rings is 1. The van der Waals surface area contributed by atoms with E-state index in [0.717, 1.165) is 22.4 Å². The first-order valence-electron chi connectivity index (χ1n) is 12.0. The average molecular weight is 522 g/mol. The summed E-state index contributed by atoms with van der Waals surface area (Å²) < 4.78 is 3.32. The zero-order valence-corrected chi connectivity index (χ0v) is 21.9.